The molecule has 0 spiro atoms. The third kappa shape index (κ3) is 2.65. The number of hydrogen-bond acceptors (Lipinski definition) is 2. The van der Waals surface area contributed by atoms with Gasteiger partial charge in [-0.25, -0.2) is 0 Å². The second-order valence-electron chi connectivity index (χ2n) is 3.52. The Morgan fingerprint density at radius 3 is 2.67 bits per heavy atom. The Morgan fingerprint density at radius 1 is 1.27 bits per heavy atom. The van der Waals surface area contributed by atoms with Gasteiger partial charge in [0, 0.05) is 25.3 Å². The summed E-state index contributed by atoms with van der Waals surface area (Å²) in [6.07, 6.45) is 2.46. The maximum atomic E-state index is 5.20. The molecule has 0 bridgehead atoms. The number of nitrogens with zero attached hydrogens (tertiary/aromatic N) is 1. The quantitative estimate of drug-likeness (QED) is 0.701. The molecule has 0 aromatic heterocycles. The average molecular weight is 207 g/mol. The van der Waals surface area contributed by atoms with Crippen LogP contribution in [0.5, 0.6) is 5.75 Å². The Hall–Kier alpha value is -1.18. The zero-order valence-electron chi connectivity index (χ0n) is 10.2. The molecule has 0 aliphatic carbocycles. The molecule has 0 atom stereocenters. The smallest absolute Gasteiger partial charge is 0.120 e. The molecule has 0 N–H and O–H groups in total. The van der Waals surface area contributed by atoms with Gasteiger partial charge >= 0.3 is 0 Å². The van der Waals surface area contributed by atoms with Gasteiger partial charge in [0.15, 0.2) is 0 Å². The Morgan fingerprint density at radius 2 is 2.00 bits per heavy atom. The molecule has 1 aromatic rings. The normalized spacial score (nSPS) is 13.7. The zero-order chi connectivity index (χ0) is 11.3. The molecule has 1 aromatic carbocycles. The van der Waals surface area contributed by atoms with E-state index in [1.54, 1.807) is 7.11 Å². The first-order valence-electron chi connectivity index (χ1n) is 5.69. The zero-order valence-corrected chi connectivity index (χ0v) is 10.2. The number of benzene rings is 1. The monoisotopic (exact) mass is 207 g/mol. The molecule has 2 nitrogen and oxygen atoms in total. The van der Waals surface area contributed by atoms with Crippen LogP contribution in [0.4, 0.5) is 5.69 Å². The van der Waals surface area contributed by atoms with Gasteiger partial charge in [0.1, 0.15) is 5.75 Å². The molecular formula is C13H21NO. The summed E-state index contributed by atoms with van der Waals surface area (Å²) in [6, 6.07) is 6.33. The number of hydrogen-bond donors (Lipinski definition) is 0. The van der Waals surface area contributed by atoms with Crippen molar-refractivity contribution in [2.24, 2.45) is 0 Å². The van der Waals surface area contributed by atoms with E-state index in [-0.39, 0.29) is 0 Å². The third-order valence-corrected chi connectivity index (χ3v) is 2.64. The van der Waals surface area contributed by atoms with E-state index in [2.05, 4.69) is 24.1 Å². The fourth-order valence-electron chi connectivity index (χ4n) is 1.86. The minimum atomic E-state index is 0.951. The molecule has 0 saturated carbocycles. The summed E-state index contributed by atoms with van der Waals surface area (Å²) in [4.78, 5) is 2.29. The second kappa shape index (κ2) is 5.64. The number of methoxy groups -OCH3 is 1. The van der Waals surface area contributed by atoms with Crippen molar-refractivity contribution >= 4 is 5.69 Å². The van der Waals surface area contributed by atoms with E-state index in [9.17, 15) is 0 Å². The van der Waals surface area contributed by atoms with Gasteiger partial charge < -0.3 is 9.64 Å². The van der Waals surface area contributed by atoms with Crippen LogP contribution in [0.1, 0.15) is 25.8 Å². The SMILES string of the molecule is CC.COc1ccc2c(c1)N(C)CCC2. The van der Waals surface area contributed by atoms with Crippen molar-refractivity contribution in [1.82, 2.24) is 0 Å². The topological polar surface area (TPSA) is 12.5 Å². The van der Waals surface area contributed by atoms with Gasteiger partial charge in [0.2, 0.25) is 0 Å². The van der Waals surface area contributed by atoms with Crippen LogP contribution in [0.2, 0.25) is 0 Å². The molecule has 0 amide bonds. The molecule has 0 unspecified atom stereocenters. The van der Waals surface area contributed by atoms with E-state index in [0.29, 0.717) is 0 Å². The van der Waals surface area contributed by atoms with Gasteiger partial charge in [-0.15, -0.1) is 0 Å². The number of rotatable bonds is 1. The van der Waals surface area contributed by atoms with Crippen LogP contribution in [-0.4, -0.2) is 20.7 Å². The minimum absolute atomic E-state index is 0.951. The minimum Gasteiger partial charge on any atom is -0.497 e. The van der Waals surface area contributed by atoms with E-state index in [1.165, 1.54) is 24.1 Å². The van der Waals surface area contributed by atoms with Gasteiger partial charge in [0.05, 0.1) is 7.11 Å². The number of aryl methyl sites for hydroxylation is 1. The van der Waals surface area contributed by atoms with E-state index in [0.717, 1.165) is 12.3 Å². The lowest BCUT2D eigenvalue weighted by Gasteiger charge is -2.27. The van der Waals surface area contributed by atoms with Crippen LogP contribution in [0, 0.1) is 0 Å². The van der Waals surface area contributed by atoms with Gasteiger partial charge in [0.25, 0.3) is 0 Å². The van der Waals surface area contributed by atoms with Crippen molar-refractivity contribution in [1.29, 1.82) is 0 Å². The Labute approximate surface area is 92.9 Å². The van der Waals surface area contributed by atoms with Crippen molar-refractivity contribution in [2.75, 3.05) is 25.6 Å². The maximum absolute atomic E-state index is 5.20. The second-order valence-corrected chi connectivity index (χ2v) is 3.52. The van der Waals surface area contributed by atoms with Crippen molar-refractivity contribution in [3.8, 4) is 5.75 Å². The van der Waals surface area contributed by atoms with Crippen LogP contribution < -0.4 is 9.64 Å². The molecule has 2 heteroatoms. The lowest BCUT2D eigenvalue weighted by atomic mass is 10.0. The van der Waals surface area contributed by atoms with Gasteiger partial charge in [-0.05, 0) is 24.5 Å². The summed E-state index contributed by atoms with van der Waals surface area (Å²) in [7, 11) is 3.85. The molecule has 1 aliphatic heterocycles. The van der Waals surface area contributed by atoms with Crippen LogP contribution in [0.3, 0.4) is 0 Å². The number of fused-ring (bicyclic) bond motifs is 1. The van der Waals surface area contributed by atoms with Gasteiger partial charge in [-0.1, -0.05) is 19.9 Å². The molecule has 2 rings (SSSR count). The maximum Gasteiger partial charge on any atom is 0.120 e. The highest BCUT2D eigenvalue weighted by molar-refractivity contribution is 5.58. The third-order valence-electron chi connectivity index (χ3n) is 2.64. The summed E-state index contributed by atoms with van der Waals surface area (Å²) in [5, 5.41) is 0. The fourth-order valence-corrected chi connectivity index (χ4v) is 1.86. The predicted octanol–water partition coefficient (Wildman–Crippen LogP) is 3.10. The van der Waals surface area contributed by atoms with Gasteiger partial charge in [-0.2, -0.15) is 0 Å². The van der Waals surface area contributed by atoms with Crippen molar-refractivity contribution < 1.29 is 4.74 Å². The van der Waals surface area contributed by atoms with Crippen molar-refractivity contribution in [3.05, 3.63) is 23.8 Å². The first-order valence-corrected chi connectivity index (χ1v) is 5.69. The van der Waals surface area contributed by atoms with Gasteiger partial charge in [-0.3, -0.25) is 0 Å². The van der Waals surface area contributed by atoms with E-state index in [1.807, 2.05) is 19.9 Å². The number of ether oxygens (including phenoxy) is 1. The van der Waals surface area contributed by atoms with Crippen LogP contribution in [-0.2, 0) is 6.42 Å². The highest BCUT2D eigenvalue weighted by Gasteiger charge is 2.13. The van der Waals surface area contributed by atoms with E-state index >= 15 is 0 Å². The molecule has 15 heavy (non-hydrogen) atoms. The first kappa shape index (κ1) is 11.9. The van der Waals surface area contributed by atoms with Crippen LogP contribution in [0.25, 0.3) is 0 Å². The Balaban J connectivity index is 0.000000531. The Bertz CT molecular complexity index is 309. The summed E-state index contributed by atoms with van der Waals surface area (Å²) >= 11 is 0. The largest absolute Gasteiger partial charge is 0.497 e. The molecule has 1 heterocycles. The van der Waals surface area contributed by atoms with Crippen molar-refractivity contribution in [3.63, 3.8) is 0 Å². The predicted molar refractivity (Wildman–Crippen MR) is 65.9 cm³/mol. The van der Waals surface area contributed by atoms with Crippen LogP contribution in [0.15, 0.2) is 18.2 Å². The van der Waals surface area contributed by atoms with E-state index in [4.69, 9.17) is 4.74 Å². The number of anilines is 1. The standard InChI is InChI=1S/C11H15NO.C2H6/c1-12-7-3-4-9-5-6-10(13-2)8-11(9)12;1-2/h5-6,8H,3-4,7H2,1-2H3;1-2H3. The molecule has 84 valence electrons. The molecule has 0 radical (unpaired) electrons. The summed E-state index contributed by atoms with van der Waals surface area (Å²) in [6.45, 7) is 5.15. The highest BCUT2D eigenvalue weighted by atomic mass is 16.5. The Kier molecular flexibility index (Phi) is 4.47. The first-order chi connectivity index (χ1) is 7.31. The molecule has 0 fully saturated rings. The molecule has 0 saturated heterocycles. The average Bonchev–Trinajstić information content (AvgIpc) is 2.32. The lowest BCUT2D eigenvalue weighted by molar-refractivity contribution is 0.414. The fraction of sp³-hybridized carbons (Fsp3) is 0.538. The van der Waals surface area contributed by atoms with Crippen molar-refractivity contribution in [2.45, 2.75) is 26.7 Å². The summed E-state index contributed by atoms with van der Waals surface area (Å²) in [5.74, 6) is 0.951. The molecule has 1 aliphatic rings. The lowest BCUT2D eigenvalue weighted by Crippen LogP contribution is -2.24. The van der Waals surface area contributed by atoms with E-state index < -0.39 is 0 Å². The molecular weight excluding hydrogens is 186 g/mol. The summed E-state index contributed by atoms with van der Waals surface area (Å²) in [5.41, 5.74) is 2.76. The van der Waals surface area contributed by atoms with Crippen LogP contribution >= 0.6 is 0 Å². The highest BCUT2D eigenvalue weighted by Crippen LogP contribution is 2.29. The summed E-state index contributed by atoms with van der Waals surface area (Å²) < 4.78 is 5.20.